The highest BCUT2D eigenvalue weighted by molar-refractivity contribution is 5.91. The zero-order valence-electron chi connectivity index (χ0n) is 13.7. The van der Waals surface area contributed by atoms with Crippen LogP contribution >= 0.6 is 0 Å². The Morgan fingerprint density at radius 2 is 1.82 bits per heavy atom. The minimum Gasteiger partial charge on any atom is -0.352 e. The summed E-state index contributed by atoms with van der Waals surface area (Å²) in [6, 6.07) is 4.09. The second-order valence-corrected chi connectivity index (χ2v) is 5.60. The average molecular weight is 299 g/mol. The molecule has 0 N–H and O–H groups in total. The largest absolute Gasteiger partial charge is 0.352 e. The lowest BCUT2D eigenvalue weighted by atomic mass is 10.2. The van der Waals surface area contributed by atoms with E-state index in [1.54, 1.807) is 20.3 Å². The first-order chi connectivity index (χ1) is 10.4. The molecule has 2 aromatic heterocycles. The maximum Gasteiger partial charge on any atom is 0.273 e. The topological polar surface area (TPSA) is 62.2 Å². The molecule has 0 spiro atoms. The monoisotopic (exact) mass is 299 g/mol. The fraction of sp³-hybridized carbons (Fsp3) is 0.375. The van der Waals surface area contributed by atoms with E-state index in [-0.39, 0.29) is 5.91 Å². The Morgan fingerprint density at radius 1 is 1.09 bits per heavy atom. The van der Waals surface area contributed by atoms with E-state index < -0.39 is 0 Å². The molecule has 6 heteroatoms. The summed E-state index contributed by atoms with van der Waals surface area (Å²) in [6.45, 7) is 4.64. The molecular weight excluding hydrogens is 278 g/mol. The maximum absolute atomic E-state index is 12.0. The van der Waals surface area contributed by atoms with Crippen molar-refractivity contribution in [1.29, 1.82) is 0 Å². The van der Waals surface area contributed by atoms with Gasteiger partial charge in [0.15, 0.2) is 0 Å². The van der Waals surface area contributed by atoms with Crippen molar-refractivity contribution in [3.8, 4) is 0 Å². The minimum absolute atomic E-state index is 0.160. The molecule has 0 unspecified atom stereocenters. The van der Waals surface area contributed by atoms with Crippen molar-refractivity contribution in [3.05, 3.63) is 47.2 Å². The third-order valence-electron chi connectivity index (χ3n) is 3.19. The molecule has 1 amide bonds. The molecule has 6 nitrogen and oxygen atoms in total. The summed E-state index contributed by atoms with van der Waals surface area (Å²) in [5.74, 6) is 0.487. The molecule has 0 saturated carbocycles. The third kappa shape index (κ3) is 3.78. The van der Waals surface area contributed by atoms with Crippen molar-refractivity contribution in [3.63, 3.8) is 0 Å². The molecule has 2 aromatic rings. The lowest BCUT2D eigenvalue weighted by molar-refractivity contribution is 0.0821. The number of aromatic nitrogens is 3. The van der Waals surface area contributed by atoms with E-state index in [4.69, 9.17) is 0 Å². The lowest BCUT2D eigenvalue weighted by Crippen LogP contribution is -2.25. The Balaban J connectivity index is 2.20. The van der Waals surface area contributed by atoms with Crippen LogP contribution < -0.4 is 4.90 Å². The van der Waals surface area contributed by atoms with Gasteiger partial charge in [0, 0.05) is 26.8 Å². The number of anilines is 1. The second-order valence-electron chi connectivity index (χ2n) is 5.60. The molecule has 2 heterocycles. The molecule has 0 saturated heterocycles. The molecule has 2 rings (SSSR count). The van der Waals surface area contributed by atoms with Crippen LogP contribution in [-0.4, -0.2) is 46.9 Å². The van der Waals surface area contributed by atoms with Crippen molar-refractivity contribution < 1.29 is 4.79 Å². The van der Waals surface area contributed by atoms with E-state index in [2.05, 4.69) is 15.0 Å². The number of amides is 1. The number of carbonyl (C=O) groups is 1. The Bertz CT molecular complexity index is 664. The number of hydrogen-bond donors (Lipinski definition) is 0. The van der Waals surface area contributed by atoms with Gasteiger partial charge in [-0.2, -0.15) is 0 Å². The van der Waals surface area contributed by atoms with Crippen molar-refractivity contribution in [2.24, 2.45) is 0 Å². The van der Waals surface area contributed by atoms with Gasteiger partial charge in [0.2, 0.25) is 0 Å². The van der Waals surface area contributed by atoms with Gasteiger partial charge in [0.1, 0.15) is 11.5 Å². The fourth-order valence-corrected chi connectivity index (χ4v) is 2.20. The number of pyridine rings is 1. The highest BCUT2D eigenvalue weighted by Crippen LogP contribution is 2.13. The van der Waals surface area contributed by atoms with Crippen molar-refractivity contribution in [1.82, 2.24) is 19.9 Å². The van der Waals surface area contributed by atoms with Crippen LogP contribution in [0, 0.1) is 13.8 Å². The Kier molecular flexibility index (Phi) is 4.70. The molecule has 22 heavy (non-hydrogen) atoms. The van der Waals surface area contributed by atoms with E-state index in [0.717, 1.165) is 11.4 Å². The number of aryl methyl sites for hydroxylation is 2. The molecule has 0 radical (unpaired) electrons. The third-order valence-corrected chi connectivity index (χ3v) is 3.19. The molecular formula is C16H21N5O. The van der Waals surface area contributed by atoms with Crippen LogP contribution in [0.25, 0.3) is 0 Å². The van der Waals surface area contributed by atoms with Crippen LogP contribution in [0.2, 0.25) is 0 Å². The molecule has 116 valence electrons. The standard InChI is InChI=1S/C16H21N5O/c1-11-6-12(2)18-13(7-11)10-21(5)15-9-17-8-14(19-15)16(22)20(3)4/h6-9H,10H2,1-5H3. The van der Waals surface area contributed by atoms with Crippen molar-refractivity contribution in [2.45, 2.75) is 20.4 Å². The predicted octanol–water partition coefficient (Wildman–Crippen LogP) is 1.83. The van der Waals surface area contributed by atoms with Gasteiger partial charge >= 0.3 is 0 Å². The number of carbonyl (C=O) groups excluding carboxylic acids is 1. The van der Waals surface area contributed by atoms with Crippen LogP contribution in [0.1, 0.15) is 27.4 Å². The van der Waals surface area contributed by atoms with E-state index in [0.29, 0.717) is 18.1 Å². The summed E-state index contributed by atoms with van der Waals surface area (Å²) in [6.07, 6.45) is 3.13. The molecule has 0 atom stereocenters. The summed E-state index contributed by atoms with van der Waals surface area (Å²) in [5.41, 5.74) is 3.47. The zero-order chi connectivity index (χ0) is 16.3. The number of rotatable bonds is 4. The van der Waals surface area contributed by atoms with E-state index in [1.807, 2.05) is 37.9 Å². The van der Waals surface area contributed by atoms with Gasteiger partial charge < -0.3 is 9.80 Å². The minimum atomic E-state index is -0.160. The smallest absolute Gasteiger partial charge is 0.273 e. The van der Waals surface area contributed by atoms with E-state index in [1.165, 1.54) is 16.7 Å². The van der Waals surface area contributed by atoms with Gasteiger partial charge in [-0.15, -0.1) is 0 Å². The van der Waals surface area contributed by atoms with Crippen LogP contribution in [0.3, 0.4) is 0 Å². The predicted molar refractivity (Wildman–Crippen MR) is 85.9 cm³/mol. The van der Waals surface area contributed by atoms with E-state index >= 15 is 0 Å². The van der Waals surface area contributed by atoms with Crippen molar-refractivity contribution in [2.75, 3.05) is 26.0 Å². The van der Waals surface area contributed by atoms with Crippen LogP contribution in [-0.2, 0) is 6.54 Å². The summed E-state index contributed by atoms with van der Waals surface area (Å²) in [7, 11) is 5.30. The van der Waals surface area contributed by atoms with Gasteiger partial charge in [-0.3, -0.25) is 14.8 Å². The highest BCUT2D eigenvalue weighted by atomic mass is 16.2. The molecule has 0 aliphatic rings. The second kappa shape index (κ2) is 6.51. The number of hydrogen-bond acceptors (Lipinski definition) is 5. The SMILES string of the molecule is Cc1cc(C)nc(CN(C)c2cncc(C(=O)N(C)C)n2)c1. The molecule has 0 fully saturated rings. The molecule has 0 aliphatic carbocycles. The van der Waals surface area contributed by atoms with E-state index in [9.17, 15) is 4.79 Å². The summed E-state index contributed by atoms with van der Waals surface area (Å²) >= 11 is 0. The van der Waals surface area contributed by atoms with Gasteiger partial charge in [-0.25, -0.2) is 4.98 Å². The lowest BCUT2D eigenvalue weighted by Gasteiger charge is -2.19. The zero-order valence-corrected chi connectivity index (χ0v) is 13.7. The van der Waals surface area contributed by atoms with Crippen LogP contribution in [0.4, 0.5) is 5.82 Å². The molecule has 0 bridgehead atoms. The van der Waals surface area contributed by atoms with Gasteiger partial charge in [0.05, 0.1) is 24.6 Å². The Morgan fingerprint density at radius 3 is 2.45 bits per heavy atom. The first-order valence-corrected chi connectivity index (χ1v) is 7.06. The summed E-state index contributed by atoms with van der Waals surface area (Å²) < 4.78 is 0. The fourth-order valence-electron chi connectivity index (χ4n) is 2.20. The average Bonchev–Trinajstić information content (AvgIpc) is 2.45. The molecule has 0 aromatic carbocycles. The van der Waals surface area contributed by atoms with Gasteiger partial charge in [-0.1, -0.05) is 0 Å². The van der Waals surface area contributed by atoms with Crippen molar-refractivity contribution >= 4 is 11.7 Å². The normalized spacial score (nSPS) is 10.4. The number of nitrogens with zero attached hydrogens (tertiary/aromatic N) is 5. The van der Waals surface area contributed by atoms with Crippen LogP contribution in [0.15, 0.2) is 24.5 Å². The Labute approximate surface area is 130 Å². The summed E-state index contributed by atoms with van der Waals surface area (Å²) in [5, 5.41) is 0. The first-order valence-electron chi connectivity index (χ1n) is 7.06. The van der Waals surface area contributed by atoms with Gasteiger partial charge in [-0.05, 0) is 31.5 Å². The maximum atomic E-state index is 12.0. The first kappa shape index (κ1) is 15.9. The van der Waals surface area contributed by atoms with Gasteiger partial charge in [0.25, 0.3) is 5.91 Å². The molecule has 0 aliphatic heterocycles. The summed E-state index contributed by atoms with van der Waals surface area (Å²) in [4.78, 5) is 28.4. The Hall–Kier alpha value is -2.50. The highest BCUT2D eigenvalue weighted by Gasteiger charge is 2.13. The quantitative estimate of drug-likeness (QED) is 0.862. The van der Waals surface area contributed by atoms with Crippen LogP contribution in [0.5, 0.6) is 0 Å².